The summed E-state index contributed by atoms with van der Waals surface area (Å²) in [6.07, 6.45) is 0. The average Bonchev–Trinajstić information content (AvgIpc) is 2.62. The molecule has 0 aliphatic rings. The van der Waals surface area contributed by atoms with Gasteiger partial charge >= 0.3 is 5.97 Å². The Morgan fingerprint density at radius 1 is 1.21 bits per heavy atom. The molecule has 1 heterocycles. The molecule has 2 rings (SSSR count). The molecule has 9 nitrogen and oxygen atoms in total. The van der Waals surface area contributed by atoms with Crippen LogP contribution in [0.1, 0.15) is 16.1 Å². The van der Waals surface area contributed by atoms with Crippen molar-refractivity contribution in [1.82, 2.24) is 4.98 Å². The highest BCUT2D eigenvalue weighted by Crippen LogP contribution is 2.26. The number of benzene rings is 1. The molecule has 2 aromatic rings. The van der Waals surface area contributed by atoms with Crippen molar-refractivity contribution in [2.45, 2.75) is 11.8 Å². The molecular weight excluding hydrogens is 433 g/mol. The highest BCUT2D eigenvalue weighted by molar-refractivity contribution is 7.89. The number of halogens is 2. The van der Waals surface area contributed by atoms with E-state index in [0.717, 1.165) is 6.07 Å². The second kappa shape index (κ2) is 8.74. The van der Waals surface area contributed by atoms with Crippen LogP contribution in [0.3, 0.4) is 0 Å². The molecule has 0 saturated heterocycles. The van der Waals surface area contributed by atoms with E-state index in [1.165, 1.54) is 25.3 Å². The molecule has 0 bridgehead atoms. The minimum atomic E-state index is -4.04. The fraction of sp³-hybridized carbons (Fsp3) is 0.188. The largest absolute Gasteiger partial charge is 0.496 e. The number of hydrogen-bond donors (Lipinski definition) is 2. The Hall–Kier alpha value is -2.40. The van der Waals surface area contributed by atoms with E-state index in [9.17, 15) is 18.0 Å². The molecule has 0 fully saturated rings. The summed E-state index contributed by atoms with van der Waals surface area (Å²) in [5.74, 6) is -1.59. The summed E-state index contributed by atoms with van der Waals surface area (Å²) < 4.78 is 32.8. The Bertz CT molecular complexity index is 1040. The van der Waals surface area contributed by atoms with Crippen LogP contribution < -0.4 is 15.2 Å². The number of aryl methyl sites for hydroxylation is 1. The number of sulfonamides is 1. The van der Waals surface area contributed by atoms with E-state index in [4.69, 9.17) is 37.8 Å². The fourth-order valence-corrected chi connectivity index (χ4v) is 2.99. The summed E-state index contributed by atoms with van der Waals surface area (Å²) in [6.45, 7) is 0.945. The minimum absolute atomic E-state index is 0.0517. The van der Waals surface area contributed by atoms with Crippen LogP contribution in [0, 0.1) is 6.92 Å². The molecule has 1 aromatic heterocycles. The summed E-state index contributed by atoms with van der Waals surface area (Å²) in [5.41, 5.74) is 0.239. The topological polar surface area (TPSA) is 138 Å². The zero-order valence-corrected chi connectivity index (χ0v) is 17.0. The number of pyridine rings is 1. The van der Waals surface area contributed by atoms with Gasteiger partial charge in [-0.3, -0.25) is 4.79 Å². The number of carbonyl (C=O) groups is 2. The Morgan fingerprint density at radius 3 is 2.50 bits per heavy atom. The van der Waals surface area contributed by atoms with Gasteiger partial charge in [-0.2, -0.15) is 0 Å². The predicted molar refractivity (Wildman–Crippen MR) is 102 cm³/mol. The van der Waals surface area contributed by atoms with Crippen LogP contribution in [0.15, 0.2) is 29.2 Å². The van der Waals surface area contributed by atoms with E-state index >= 15 is 0 Å². The van der Waals surface area contributed by atoms with Gasteiger partial charge in [-0.05, 0) is 31.2 Å². The maximum Gasteiger partial charge on any atom is 0.342 e. The van der Waals surface area contributed by atoms with Gasteiger partial charge in [0.05, 0.1) is 27.7 Å². The molecule has 0 saturated carbocycles. The number of ether oxygens (including phenoxy) is 2. The first kappa shape index (κ1) is 21.9. The Labute approximate surface area is 170 Å². The normalized spacial score (nSPS) is 11.0. The number of nitrogens with one attached hydrogen (secondary N) is 1. The van der Waals surface area contributed by atoms with Crippen molar-refractivity contribution in [1.29, 1.82) is 0 Å². The van der Waals surface area contributed by atoms with Gasteiger partial charge < -0.3 is 14.8 Å². The SMILES string of the molecule is COc1ccc(S(N)(=O)=O)cc1C(=O)OCC(=O)Nc1nc(C)c(Cl)cc1Cl. The third-order valence-corrected chi connectivity index (χ3v) is 5.00. The lowest BCUT2D eigenvalue weighted by atomic mass is 10.2. The highest BCUT2D eigenvalue weighted by atomic mass is 35.5. The van der Waals surface area contributed by atoms with Crippen LogP contribution in [-0.4, -0.2) is 39.0 Å². The molecular formula is C16H15Cl2N3O6S. The quantitative estimate of drug-likeness (QED) is 0.646. The maximum absolute atomic E-state index is 12.2. The predicted octanol–water partition coefficient (Wildman–Crippen LogP) is 2.15. The van der Waals surface area contributed by atoms with Crippen molar-refractivity contribution >= 4 is 50.9 Å². The summed E-state index contributed by atoms with van der Waals surface area (Å²) in [5, 5.41) is 7.87. The lowest BCUT2D eigenvalue weighted by Crippen LogP contribution is -2.22. The molecule has 0 aliphatic heterocycles. The molecule has 0 atom stereocenters. The number of aromatic nitrogens is 1. The number of rotatable bonds is 6. The third kappa shape index (κ3) is 5.32. The molecule has 3 N–H and O–H groups in total. The van der Waals surface area contributed by atoms with Crippen LogP contribution in [0.5, 0.6) is 5.75 Å². The van der Waals surface area contributed by atoms with Crippen molar-refractivity contribution in [2.24, 2.45) is 5.14 Å². The summed E-state index contributed by atoms with van der Waals surface area (Å²) in [6, 6.07) is 4.83. The lowest BCUT2D eigenvalue weighted by Gasteiger charge is -2.11. The van der Waals surface area contributed by atoms with Gasteiger partial charge in [-0.1, -0.05) is 23.2 Å². The Kier molecular flexibility index (Phi) is 6.83. The van der Waals surface area contributed by atoms with Gasteiger partial charge in [0.1, 0.15) is 11.3 Å². The molecule has 0 unspecified atom stereocenters. The molecule has 0 radical (unpaired) electrons. The van der Waals surface area contributed by atoms with Crippen LogP contribution >= 0.6 is 23.2 Å². The number of nitrogens with zero attached hydrogens (tertiary/aromatic N) is 1. The van der Waals surface area contributed by atoms with Crippen LogP contribution in [0.25, 0.3) is 0 Å². The zero-order valence-electron chi connectivity index (χ0n) is 14.7. The van der Waals surface area contributed by atoms with Gasteiger partial charge in [-0.15, -0.1) is 0 Å². The number of esters is 1. The molecule has 12 heteroatoms. The number of amides is 1. The standard InChI is InChI=1S/C16H15Cl2N3O6S/c1-8-11(17)6-12(18)15(20-8)21-14(22)7-27-16(23)10-5-9(28(19,24)25)3-4-13(10)26-2/h3-6H,7H2,1-2H3,(H2,19,24,25)(H,20,21,22). The molecule has 1 amide bonds. The zero-order chi connectivity index (χ0) is 21.1. The van der Waals surface area contributed by atoms with Gasteiger partial charge in [0.25, 0.3) is 5.91 Å². The van der Waals surface area contributed by atoms with Crippen LogP contribution in [-0.2, 0) is 19.6 Å². The summed E-state index contributed by atoms with van der Waals surface area (Å²) in [7, 11) is -2.76. The van der Waals surface area contributed by atoms with E-state index in [2.05, 4.69) is 10.3 Å². The van der Waals surface area contributed by atoms with Crippen LogP contribution in [0.4, 0.5) is 5.82 Å². The second-order valence-corrected chi connectivity index (χ2v) is 7.79. The van der Waals surface area contributed by atoms with E-state index in [0.29, 0.717) is 10.7 Å². The first-order valence-electron chi connectivity index (χ1n) is 7.53. The van der Waals surface area contributed by atoms with E-state index in [1.807, 2.05) is 0 Å². The van der Waals surface area contributed by atoms with Gasteiger partial charge in [0, 0.05) is 0 Å². The van der Waals surface area contributed by atoms with Gasteiger partial charge in [-0.25, -0.2) is 23.3 Å². The van der Waals surface area contributed by atoms with E-state index < -0.39 is 28.5 Å². The molecule has 0 spiro atoms. The maximum atomic E-state index is 12.2. The number of hydrogen-bond acceptors (Lipinski definition) is 7. The molecule has 1 aromatic carbocycles. The molecule has 0 aliphatic carbocycles. The van der Waals surface area contributed by atoms with Crippen molar-refractivity contribution in [3.8, 4) is 5.75 Å². The van der Waals surface area contributed by atoms with Gasteiger partial charge in [0.15, 0.2) is 12.4 Å². The first-order chi connectivity index (χ1) is 13.0. The molecule has 28 heavy (non-hydrogen) atoms. The van der Waals surface area contributed by atoms with Crippen molar-refractivity contribution < 1.29 is 27.5 Å². The summed E-state index contributed by atoms with van der Waals surface area (Å²) >= 11 is 11.8. The van der Waals surface area contributed by atoms with Crippen molar-refractivity contribution in [3.63, 3.8) is 0 Å². The number of carbonyl (C=O) groups excluding carboxylic acids is 2. The third-order valence-electron chi connectivity index (χ3n) is 3.42. The second-order valence-electron chi connectivity index (χ2n) is 5.42. The lowest BCUT2D eigenvalue weighted by molar-refractivity contribution is -0.119. The number of primary sulfonamides is 1. The molecule has 150 valence electrons. The first-order valence-corrected chi connectivity index (χ1v) is 9.83. The Morgan fingerprint density at radius 2 is 1.89 bits per heavy atom. The average molecular weight is 448 g/mol. The number of anilines is 1. The number of nitrogens with two attached hydrogens (primary N) is 1. The van der Waals surface area contributed by atoms with Crippen LogP contribution in [0.2, 0.25) is 10.0 Å². The highest BCUT2D eigenvalue weighted by Gasteiger charge is 2.20. The number of methoxy groups -OCH3 is 1. The van der Waals surface area contributed by atoms with E-state index in [-0.39, 0.29) is 27.0 Å². The Balaban J connectivity index is 2.11. The van der Waals surface area contributed by atoms with Gasteiger partial charge in [0.2, 0.25) is 10.0 Å². The van der Waals surface area contributed by atoms with E-state index in [1.54, 1.807) is 6.92 Å². The summed E-state index contributed by atoms with van der Waals surface area (Å²) in [4.78, 5) is 28.0. The smallest absolute Gasteiger partial charge is 0.342 e. The van der Waals surface area contributed by atoms with Crippen molar-refractivity contribution in [3.05, 3.63) is 45.6 Å². The van der Waals surface area contributed by atoms with Crippen molar-refractivity contribution in [2.75, 3.05) is 19.0 Å². The minimum Gasteiger partial charge on any atom is -0.496 e. The monoisotopic (exact) mass is 447 g/mol. The fourth-order valence-electron chi connectivity index (χ4n) is 2.05.